The molecule has 0 spiro atoms. The van der Waals surface area contributed by atoms with Crippen molar-refractivity contribution in [1.29, 1.82) is 0 Å². The highest BCUT2D eigenvalue weighted by Gasteiger charge is 2.88. The minimum atomic E-state index is -6.70. The third-order valence-corrected chi connectivity index (χ3v) is 8.06. The molecular weight excluding hydrogens is 631 g/mol. The van der Waals surface area contributed by atoms with Crippen LogP contribution in [0.3, 0.4) is 0 Å². The molecule has 2 aliphatic carbocycles. The Bertz CT molecular complexity index is 916. The fraction of sp³-hybridized carbons (Fsp3) is 0.958. The van der Waals surface area contributed by atoms with E-state index in [-0.39, 0.29) is 0 Å². The number of carbonyl (C=O) groups excluding carboxylic acids is 1. The second-order valence-corrected chi connectivity index (χ2v) is 10.4. The molecule has 0 N–H and O–H groups in total. The van der Waals surface area contributed by atoms with Crippen LogP contribution in [-0.4, -0.2) is 80.4 Å². The zero-order valence-electron chi connectivity index (χ0n) is 23.2. The normalized spacial score (nSPS) is 27.0. The van der Waals surface area contributed by atoms with Crippen molar-refractivity contribution in [2.75, 3.05) is 26.8 Å². The van der Waals surface area contributed by atoms with Crippen LogP contribution in [0.15, 0.2) is 0 Å². The molecule has 6 unspecified atom stereocenters. The minimum Gasteiger partial charge on any atom is -0.460 e. The van der Waals surface area contributed by atoms with Crippen molar-refractivity contribution in [3.63, 3.8) is 0 Å². The molecule has 2 aliphatic rings. The van der Waals surface area contributed by atoms with Crippen LogP contribution in [0, 0.1) is 23.7 Å². The lowest BCUT2D eigenvalue weighted by atomic mass is 9.61. The molecule has 0 radical (unpaired) electrons. The van der Waals surface area contributed by atoms with Crippen LogP contribution >= 0.6 is 0 Å². The van der Waals surface area contributed by atoms with Crippen molar-refractivity contribution in [3.8, 4) is 0 Å². The van der Waals surface area contributed by atoms with Gasteiger partial charge in [-0.05, 0) is 46.0 Å². The van der Waals surface area contributed by atoms with Crippen molar-refractivity contribution in [1.82, 2.24) is 0 Å². The molecule has 254 valence electrons. The van der Waals surface area contributed by atoms with E-state index in [2.05, 4.69) is 18.9 Å². The zero-order valence-corrected chi connectivity index (χ0v) is 23.2. The molecule has 2 rings (SSSR count). The molecule has 6 atom stereocenters. The van der Waals surface area contributed by atoms with Gasteiger partial charge < -0.3 is 23.7 Å². The highest BCUT2D eigenvalue weighted by Crippen LogP contribution is 2.70. The second kappa shape index (κ2) is 12.7. The Kier molecular flexibility index (Phi) is 11.1. The number of hydrogen-bond donors (Lipinski definition) is 0. The summed E-state index contributed by atoms with van der Waals surface area (Å²) in [5.41, 5.74) is -14.2. The topological polar surface area (TPSA) is 63.2 Å². The van der Waals surface area contributed by atoms with Gasteiger partial charge >= 0.3 is 30.7 Å². The number of rotatable bonds is 13. The van der Waals surface area contributed by atoms with Gasteiger partial charge in [0.1, 0.15) is 19.7 Å². The summed E-state index contributed by atoms with van der Waals surface area (Å²) in [4.78, 5) is 12.4. The van der Waals surface area contributed by atoms with Gasteiger partial charge in [0.2, 0.25) is 5.67 Å². The number of halogens is 13. The van der Waals surface area contributed by atoms with Crippen LogP contribution in [-0.2, 0) is 28.5 Å². The van der Waals surface area contributed by atoms with Gasteiger partial charge in [0, 0.05) is 31.0 Å². The monoisotopic (exact) mass is 662 g/mol. The van der Waals surface area contributed by atoms with E-state index in [0.717, 1.165) is 20.8 Å². The van der Waals surface area contributed by atoms with Gasteiger partial charge in [-0.15, -0.1) is 0 Å². The molecule has 6 nitrogen and oxygen atoms in total. The van der Waals surface area contributed by atoms with Crippen molar-refractivity contribution >= 4 is 5.97 Å². The Balaban J connectivity index is 2.96. The molecule has 0 aliphatic heterocycles. The van der Waals surface area contributed by atoms with Gasteiger partial charge in [0.15, 0.2) is 0 Å². The van der Waals surface area contributed by atoms with Crippen LogP contribution in [0.1, 0.15) is 47.0 Å². The Morgan fingerprint density at radius 1 is 0.651 bits per heavy atom. The van der Waals surface area contributed by atoms with Crippen LogP contribution < -0.4 is 0 Å². The molecule has 0 heterocycles. The molecule has 0 saturated heterocycles. The van der Waals surface area contributed by atoms with E-state index in [4.69, 9.17) is 4.74 Å². The minimum absolute atomic E-state index is 0.532. The lowest BCUT2D eigenvalue weighted by molar-refractivity contribution is -0.449. The maximum absolute atomic E-state index is 14.7. The first-order valence-electron chi connectivity index (χ1n) is 13.0. The third kappa shape index (κ3) is 6.55. The largest absolute Gasteiger partial charge is 0.460 e. The smallest absolute Gasteiger partial charge is 0.426 e. The predicted molar refractivity (Wildman–Crippen MR) is 118 cm³/mol. The zero-order chi connectivity index (χ0) is 33.4. The molecule has 0 amide bonds. The van der Waals surface area contributed by atoms with Gasteiger partial charge in [-0.1, -0.05) is 6.92 Å². The first kappa shape index (κ1) is 37.6. The van der Waals surface area contributed by atoms with Crippen LogP contribution in [0.5, 0.6) is 0 Å². The molecule has 19 heteroatoms. The average Bonchev–Trinajstić information content (AvgIpc) is 3.40. The molecule has 0 aromatic rings. The SMILES string of the molecule is CCOCOC(C1C2CC(OC(=O)C(C)(F)CC)C(C2)C1C(OCOCC)(C(F)(F)F)C(F)(F)F)(C(F)(F)F)C(F)(F)F. The molecule has 0 aromatic heterocycles. The van der Waals surface area contributed by atoms with Crippen molar-refractivity contribution in [2.24, 2.45) is 23.7 Å². The molecule has 2 fully saturated rings. The predicted octanol–water partition coefficient (Wildman–Crippen LogP) is 7.06. The molecular formula is C24H31F13O6. The summed E-state index contributed by atoms with van der Waals surface area (Å²) in [5.74, 6) is -13.9. The average molecular weight is 662 g/mol. The van der Waals surface area contributed by atoms with Gasteiger partial charge in [-0.25, -0.2) is 9.18 Å². The number of alkyl halides is 13. The van der Waals surface area contributed by atoms with Crippen LogP contribution in [0.4, 0.5) is 57.1 Å². The number of hydrogen-bond acceptors (Lipinski definition) is 6. The Labute approximate surface area is 237 Å². The lowest BCUT2D eigenvalue weighted by Gasteiger charge is -2.53. The maximum atomic E-state index is 14.7. The van der Waals surface area contributed by atoms with E-state index in [1.54, 1.807) is 0 Å². The summed E-state index contributed by atoms with van der Waals surface area (Å²) in [6.45, 7) is -0.689. The summed E-state index contributed by atoms with van der Waals surface area (Å²) in [6.07, 6.45) is -31.6. The summed E-state index contributed by atoms with van der Waals surface area (Å²) in [6, 6.07) is 0. The van der Waals surface area contributed by atoms with Gasteiger partial charge in [-0.3, -0.25) is 0 Å². The Morgan fingerprint density at radius 3 is 1.40 bits per heavy atom. The Morgan fingerprint density at radius 2 is 1.05 bits per heavy atom. The van der Waals surface area contributed by atoms with Crippen LogP contribution in [0.25, 0.3) is 0 Å². The first-order chi connectivity index (χ1) is 19.4. The summed E-state index contributed by atoms with van der Waals surface area (Å²) in [5, 5.41) is 0. The number of esters is 1. The lowest BCUT2D eigenvalue weighted by Crippen LogP contribution is -2.73. The summed E-state index contributed by atoms with van der Waals surface area (Å²) >= 11 is 0. The van der Waals surface area contributed by atoms with Crippen molar-refractivity contribution in [2.45, 2.75) is 94.6 Å². The maximum Gasteiger partial charge on any atom is 0.426 e. The molecule has 2 saturated carbocycles. The molecule has 43 heavy (non-hydrogen) atoms. The standard InChI is InChI=1S/C24H31F13O6/c1-5-18(4,25)17(38)43-14-9-12-8-13(14)16(20(23(32,33)34,24(35,36)37)42-11-40-7-3)15(12)19(21(26,27)28,22(29,30)31)41-10-39-6-2/h12-16H,5-11H2,1-4H3. The quantitative estimate of drug-likeness (QED) is 0.0912. The van der Waals surface area contributed by atoms with E-state index < -0.39 is 123 Å². The van der Waals surface area contributed by atoms with E-state index in [9.17, 15) is 61.9 Å². The highest BCUT2D eigenvalue weighted by molar-refractivity contribution is 5.79. The molecule has 0 aromatic carbocycles. The number of fused-ring (bicyclic) bond motifs is 2. The Hall–Kier alpha value is -1.60. The second-order valence-electron chi connectivity index (χ2n) is 10.4. The van der Waals surface area contributed by atoms with E-state index in [1.807, 2.05) is 0 Å². The van der Waals surface area contributed by atoms with Crippen molar-refractivity contribution in [3.05, 3.63) is 0 Å². The van der Waals surface area contributed by atoms with Gasteiger partial charge in [-0.2, -0.15) is 52.7 Å². The van der Waals surface area contributed by atoms with E-state index >= 15 is 0 Å². The fourth-order valence-electron chi connectivity index (χ4n) is 6.01. The van der Waals surface area contributed by atoms with Crippen LogP contribution in [0.2, 0.25) is 0 Å². The molecule has 2 bridgehead atoms. The van der Waals surface area contributed by atoms with Gasteiger partial charge in [0.05, 0.1) is 0 Å². The van der Waals surface area contributed by atoms with E-state index in [0.29, 0.717) is 6.92 Å². The highest BCUT2D eigenvalue weighted by atomic mass is 19.4. The number of carbonyl (C=O) groups is 1. The summed E-state index contributed by atoms with van der Waals surface area (Å²) < 4.78 is 212. The fourth-order valence-corrected chi connectivity index (χ4v) is 6.01. The van der Waals surface area contributed by atoms with Gasteiger partial charge in [0.25, 0.3) is 11.2 Å². The van der Waals surface area contributed by atoms with E-state index in [1.165, 1.54) is 0 Å². The van der Waals surface area contributed by atoms with Crippen molar-refractivity contribution < 1.29 is 85.6 Å². The first-order valence-corrected chi connectivity index (χ1v) is 13.0. The number of ether oxygens (including phenoxy) is 5. The third-order valence-electron chi connectivity index (χ3n) is 8.06. The summed E-state index contributed by atoms with van der Waals surface area (Å²) in [7, 11) is 0.